The Morgan fingerprint density at radius 1 is 1.40 bits per heavy atom. The highest BCUT2D eigenvalue weighted by Gasteiger charge is 2.36. The van der Waals surface area contributed by atoms with Gasteiger partial charge in [0, 0.05) is 26.2 Å². The predicted molar refractivity (Wildman–Crippen MR) is 80.5 cm³/mol. The van der Waals surface area contributed by atoms with E-state index in [-0.39, 0.29) is 30.8 Å². The first-order valence-corrected chi connectivity index (χ1v) is 7.45. The monoisotopic (exact) mass is 366 g/mol. The quantitative estimate of drug-likeness (QED) is 0.631. The van der Waals surface area contributed by atoms with Crippen molar-refractivity contribution in [2.45, 2.75) is 25.7 Å². The maximum Gasteiger partial charge on any atom is 0.453 e. The van der Waals surface area contributed by atoms with E-state index < -0.39 is 12.0 Å². The average Bonchev–Trinajstić information content (AvgIpc) is 3.02. The Hall–Kier alpha value is -2.21. The summed E-state index contributed by atoms with van der Waals surface area (Å²) in [5.41, 5.74) is 0. The first-order valence-electron chi connectivity index (χ1n) is 7.45. The van der Waals surface area contributed by atoms with Gasteiger partial charge in [0.1, 0.15) is 5.82 Å². The first-order chi connectivity index (χ1) is 11.7. The number of aromatic amines is 1. The summed E-state index contributed by atoms with van der Waals surface area (Å²) in [5, 5.41) is 14.7. The summed E-state index contributed by atoms with van der Waals surface area (Å²) in [7, 11) is 2.02. The van der Waals surface area contributed by atoms with Crippen LogP contribution in [0.3, 0.4) is 0 Å². The summed E-state index contributed by atoms with van der Waals surface area (Å²) in [6.07, 6.45) is -4.59. The lowest BCUT2D eigenvalue weighted by molar-refractivity contribution is -0.144. The van der Waals surface area contributed by atoms with Gasteiger partial charge in [-0.25, -0.2) is 4.98 Å². The second-order valence-corrected chi connectivity index (χ2v) is 5.44. The fourth-order valence-corrected chi connectivity index (χ4v) is 2.19. The van der Waals surface area contributed by atoms with Crippen molar-refractivity contribution in [3.63, 3.8) is 0 Å². The molecule has 0 aliphatic carbocycles. The molecule has 0 radical (unpaired) electrons. The van der Waals surface area contributed by atoms with Gasteiger partial charge >= 0.3 is 6.18 Å². The highest BCUT2D eigenvalue weighted by atomic mass is 19.4. The second kappa shape index (κ2) is 9.32. The molecule has 2 rings (SSSR count). The maximum absolute atomic E-state index is 12.4. The maximum atomic E-state index is 12.4. The Labute approximate surface area is 142 Å². The van der Waals surface area contributed by atoms with Crippen LogP contribution in [-0.2, 0) is 22.3 Å². The molecule has 1 aromatic heterocycles. The number of carbonyl (C=O) groups excluding carboxylic acids is 1. The highest BCUT2D eigenvalue weighted by molar-refractivity contribution is 5.81. The third-order valence-corrected chi connectivity index (χ3v) is 3.68. The zero-order valence-corrected chi connectivity index (χ0v) is 13.9. The summed E-state index contributed by atoms with van der Waals surface area (Å²) < 4.78 is 37.1. The molecule has 1 atom stereocenters. The van der Waals surface area contributed by atoms with Gasteiger partial charge in [-0.1, -0.05) is 0 Å². The number of hydrogen-bond acceptors (Lipinski definition) is 6. The number of nitrogens with one attached hydrogen (secondary N) is 2. The van der Waals surface area contributed by atoms with E-state index in [2.05, 4.69) is 25.4 Å². The van der Waals surface area contributed by atoms with Crippen LogP contribution in [0.4, 0.5) is 13.2 Å². The minimum atomic E-state index is -4.59. The van der Waals surface area contributed by atoms with Crippen molar-refractivity contribution in [1.82, 2.24) is 30.3 Å². The molecule has 9 nitrogen and oxygen atoms in total. The minimum absolute atomic E-state index is 0.0220. The van der Waals surface area contributed by atoms with Crippen molar-refractivity contribution in [2.75, 3.05) is 33.2 Å². The standard InChI is InChI=1S/C12H19F3N6O.CH2O2/c1-8(21-5-3-20(2)4-6-21)10(22)16-7-9-17-11(19-18-9)12(13,14)15;2-1-3/h8H,3-7H2,1-2H3,(H,16,22)(H,17,18,19);1H,(H,2,3). The molecule has 1 aromatic rings. The number of amides is 1. The summed E-state index contributed by atoms with van der Waals surface area (Å²) in [6, 6.07) is -0.335. The van der Waals surface area contributed by atoms with Gasteiger partial charge in [0.2, 0.25) is 5.91 Å². The number of aromatic nitrogens is 3. The van der Waals surface area contributed by atoms with Crippen LogP contribution in [0.2, 0.25) is 0 Å². The van der Waals surface area contributed by atoms with Crippen LogP contribution in [0.1, 0.15) is 18.6 Å². The van der Waals surface area contributed by atoms with Gasteiger partial charge in [0.25, 0.3) is 12.3 Å². The Kier molecular flexibility index (Phi) is 7.77. The van der Waals surface area contributed by atoms with Crippen LogP contribution in [0, 0.1) is 0 Å². The van der Waals surface area contributed by atoms with Crippen LogP contribution in [-0.4, -0.2) is 81.7 Å². The summed E-state index contributed by atoms with van der Waals surface area (Å²) in [6.45, 7) is 4.75. The molecule has 3 N–H and O–H groups in total. The average molecular weight is 366 g/mol. The molecule has 2 heterocycles. The van der Waals surface area contributed by atoms with Gasteiger partial charge in [-0.2, -0.15) is 13.2 Å². The molecule has 25 heavy (non-hydrogen) atoms. The van der Waals surface area contributed by atoms with Crippen LogP contribution >= 0.6 is 0 Å². The molecule has 142 valence electrons. The van der Waals surface area contributed by atoms with Crippen LogP contribution in [0.5, 0.6) is 0 Å². The molecule has 1 aliphatic rings. The Morgan fingerprint density at radius 3 is 2.44 bits per heavy atom. The van der Waals surface area contributed by atoms with Crippen LogP contribution < -0.4 is 5.32 Å². The summed E-state index contributed by atoms with van der Waals surface area (Å²) in [5.74, 6) is -1.50. The Balaban J connectivity index is 0.000000970. The van der Waals surface area contributed by atoms with Crippen molar-refractivity contribution in [3.8, 4) is 0 Å². The number of carbonyl (C=O) groups is 2. The zero-order valence-electron chi connectivity index (χ0n) is 13.9. The van der Waals surface area contributed by atoms with E-state index in [9.17, 15) is 18.0 Å². The van der Waals surface area contributed by atoms with Crippen LogP contribution in [0.25, 0.3) is 0 Å². The molecule has 0 bridgehead atoms. The molecule has 12 heteroatoms. The number of halogens is 3. The molecular weight excluding hydrogens is 345 g/mol. The third kappa shape index (κ3) is 6.66. The van der Waals surface area contributed by atoms with Crippen molar-refractivity contribution < 1.29 is 27.9 Å². The molecule has 0 aromatic carbocycles. The van der Waals surface area contributed by atoms with Crippen molar-refractivity contribution in [3.05, 3.63) is 11.6 Å². The number of likely N-dealkylation sites (N-methyl/N-ethyl adjacent to an activating group) is 1. The lowest BCUT2D eigenvalue weighted by atomic mass is 10.2. The number of rotatable bonds is 4. The molecule has 1 amide bonds. The Morgan fingerprint density at radius 2 is 1.96 bits per heavy atom. The molecule has 0 spiro atoms. The molecule has 1 aliphatic heterocycles. The highest BCUT2D eigenvalue weighted by Crippen LogP contribution is 2.25. The van der Waals surface area contributed by atoms with E-state index in [4.69, 9.17) is 9.90 Å². The second-order valence-electron chi connectivity index (χ2n) is 5.44. The Bertz CT molecular complexity index is 557. The third-order valence-electron chi connectivity index (χ3n) is 3.68. The van der Waals surface area contributed by atoms with Crippen LogP contribution in [0.15, 0.2) is 0 Å². The fraction of sp³-hybridized carbons (Fsp3) is 0.692. The smallest absolute Gasteiger partial charge is 0.453 e. The van der Waals surface area contributed by atoms with Gasteiger partial charge in [0.15, 0.2) is 0 Å². The predicted octanol–water partition coefficient (Wildman–Crippen LogP) is -0.224. The summed E-state index contributed by atoms with van der Waals surface area (Å²) >= 11 is 0. The zero-order chi connectivity index (χ0) is 19.0. The van der Waals surface area contributed by atoms with E-state index in [1.807, 2.05) is 11.9 Å². The van der Waals surface area contributed by atoms with E-state index in [1.54, 1.807) is 6.92 Å². The lowest BCUT2D eigenvalue weighted by Gasteiger charge is -2.35. The normalized spacial score (nSPS) is 17.3. The van der Waals surface area contributed by atoms with Gasteiger partial charge < -0.3 is 15.3 Å². The molecule has 0 saturated carbocycles. The first kappa shape index (κ1) is 20.8. The molecule has 1 fully saturated rings. The van der Waals surface area contributed by atoms with E-state index in [1.165, 1.54) is 0 Å². The van der Waals surface area contributed by atoms with Crippen molar-refractivity contribution >= 4 is 12.4 Å². The lowest BCUT2D eigenvalue weighted by Crippen LogP contribution is -2.52. The molecular formula is C13H21F3N6O3. The van der Waals surface area contributed by atoms with E-state index in [0.29, 0.717) is 0 Å². The molecule has 1 saturated heterocycles. The van der Waals surface area contributed by atoms with Crippen molar-refractivity contribution in [1.29, 1.82) is 0 Å². The van der Waals surface area contributed by atoms with E-state index >= 15 is 0 Å². The number of H-pyrrole nitrogens is 1. The van der Waals surface area contributed by atoms with Gasteiger partial charge in [0.05, 0.1) is 12.6 Å². The van der Waals surface area contributed by atoms with Gasteiger partial charge in [-0.3, -0.25) is 19.6 Å². The minimum Gasteiger partial charge on any atom is -0.483 e. The number of alkyl halides is 3. The van der Waals surface area contributed by atoms with Gasteiger partial charge in [-0.05, 0) is 14.0 Å². The fourth-order valence-electron chi connectivity index (χ4n) is 2.19. The topological polar surface area (TPSA) is 114 Å². The summed E-state index contributed by atoms with van der Waals surface area (Å²) in [4.78, 5) is 27.9. The SMILES string of the molecule is CC(C(=O)NCc1nc(C(F)(F)F)n[nH]1)N1CCN(C)CC1.O=CO. The largest absolute Gasteiger partial charge is 0.483 e. The van der Waals surface area contributed by atoms with Gasteiger partial charge in [-0.15, -0.1) is 5.10 Å². The number of hydrogen-bond donors (Lipinski definition) is 3. The molecule has 1 unspecified atom stereocenters. The van der Waals surface area contributed by atoms with Crippen molar-refractivity contribution in [2.24, 2.45) is 0 Å². The number of carboxylic acid groups (broad SMARTS) is 1. The number of nitrogens with zero attached hydrogens (tertiary/aromatic N) is 4. The number of piperazine rings is 1. The van der Waals surface area contributed by atoms with E-state index in [0.717, 1.165) is 26.2 Å².